The van der Waals surface area contributed by atoms with Crippen LogP contribution in [0.15, 0.2) is 48.5 Å². The first-order valence-electron chi connectivity index (χ1n) is 9.92. The zero-order valence-electron chi connectivity index (χ0n) is 17.6. The molecule has 1 aliphatic rings. The fraction of sp³-hybridized carbons (Fsp3) is 0.333. The predicted octanol–water partition coefficient (Wildman–Crippen LogP) is 2.30. The average Bonchev–Trinajstić information content (AvgIpc) is 2.81. The first kappa shape index (κ1) is 28.5. The summed E-state index contributed by atoms with van der Waals surface area (Å²) in [5.74, 6) is -1.25. The number of aliphatic carboxylic acids is 1. The third-order valence-corrected chi connectivity index (χ3v) is 9.85. The molecule has 14 heteroatoms. The van der Waals surface area contributed by atoms with E-state index in [1.54, 1.807) is 36.4 Å². The van der Waals surface area contributed by atoms with Crippen LogP contribution in [0.3, 0.4) is 0 Å². The van der Waals surface area contributed by atoms with Crippen LogP contribution in [0, 0.1) is 0 Å². The fourth-order valence-corrected chi connectivity index (χ4v) is 4.44. The molecule has 35 heavy (non-hydrogen) atoms. The van der Waals surface area contributed by atoms with Crippen LogP contribution in [-0.4, -0.2) is 73.0 Å². The number of carbonyl (C=O) groups excluding carboxylic acids is 1. The number of hydrogen-bond acceptors (Lipinski definition) is 10. The molecule has 0 saturated carbocycles. The van der Waals surface area contributed by atoms with Gasteiger partial charge >= 0.3 is 11.9 Å². The summed E-state index contributed by atoms with van der Waals surface area (Å²) in [5, 5.41) is 48.5. The fourth-order valence-electron chi connectivity index (χ4n) is 3.14. The van der Waals surface area contributed by atoms with E-state index >= 15 is 0 Å². The summed E-state index contributed by atoms with van der Waals surface area (Å²) in [6.45, 7) is 0. The van der Waals surface area contributed by atoms with E-state index in [2.05, 4.69) is 0 Å². The number of hydrogen-bond donors (Lipinski definition) is 5. The van der Waals surface area contributed by atoms with Gasteiger partial charge in [-0.1, -0.05) is 12.1 Å². The van der Waals surface area contributed by atoms with Crippen LogP contribution in [0.4, 0.5) is 0 Å². The zero-order valence-corrected chi connectivity index (χ0v) is 24.0. The molecule has 0 radical (unpaired) electrons. The van der Waals surface area contributed by atoms with Crippen LogP contribution in [0.5, 0.6) is 17.2 Å². The number of rotatable bonds is 8. The van der Waals surface area contributed by atoms with Crippen molar-refractivity contribution in [1.82, 2.24) is 1.33 Å². The summed E-state index contributed by atoms with van der Waals surface area (Å²) in [5.41, 5.74) is 0.733. The van der Waals surface area contributed by atoms with Gasteiger partial charge in [-0.2, -0.15) is 1.33 Å². The van der Waals surface area contributed by atoms with Gasteiger partial charge in [0, 0.05) is 52.1 Å². The van der Waals surface area contributed by atoms with Gasteiger partial charge in [-0.05, 0) is 64.6 Å². The second-order valence-corrected chi connectivity index (χ2v) is 13.1. The number of phenols is 1. The van der Waals surface area contributed by atoms with Crippen LogP contribution >= 0.6 is 68.3 Å². The Morgan fingerprint density at radius 1 is 0.943 bits per heavy atom. The highest BCUT2D eigenvalue weighted by Gasteiger charge is 2.51. The van der Waals surface area contributed by atoms with E-state index in [4.69, 9.17) is 14.2 Å². The molecule has 11 nitrogen and oxygen atoms in total. The largest absolute Gasteiger partial charge is 0.508 e. The van der Waals surface area contributed by atoms with E-state index in [0.29, 0.717) is 11.5 Å². The second kappa shape index (κ2) is 12.0. The third-order valence-electron chi connectivity index (χ3n) is 5.05. The number of benzene rings is 2. The molecular weight excluding hydrogens is 807 g/mol. The van der Waals surface area contributed by atoms with E-state index in [1.807, 2.05) is 68.3 Å². The monoisotopic (exact) mass is 827 g/mol. The van der Waals surface area contributed by atoms with E-state index in [1.165, 1.54) is 13.5 Å². The Labute approximate surface area is 241 Å². The maximum absolute atomic E-state index is 13.1. The second-order valence-electron chi connectivity index (χ2n) is 7.55. The summed E-state index contributed by atoms with van der Waals surface area (Å²) < 4.78 is 16.3. The lowest BCUT2D eigenvalue weighted by Gasteiger charge is -2.39. The number of halogens is 3. The van der Waals surface area contributed by atoms with Crippen molar-refractivity contribution in [2.75, 3.05) is 0 Å². The maximum Gasteiger partial charge on any atom is 0.341 e. The molecule has 1 unspecified atom stereocenters. The molecule has 6 atom stereocenters. The topological polar surface area (TPSA) is 166 Å². The van der Waals surface area contributed by atoms with Crippen molar-refractivity contribution >= 4 is 80.3 Å². The van der Waals surface area contributed by atoms with Crippen LogP contribution in [0.1, 0.15) is 5.56 Å². The standard InChI is InChI=1S/C21H20I3NO10/c22-21(25(23)24,20(32)35-19-16(29)14(27)15(28)17(34-19)18(30)31)9-10-1-5-12(6-2-10)33-13-7-3-11(26)4-8-13/h1-8,14-17,19,26-29H,9H2,(H,30,31)/t14-,15-,16+,17-,19?,21-/m0/s1. The molecule has 1 heterocycles. The van der Waals surface area contributed by atoms with Gasteiger partial charge in [0.2, 0.25) is 6.29 Å². The molecule has 3 rings (SSSR count). The zero-order chi connectivity index (χ0) is 25.9. The van der Waals surface area contributed by atoms with Gasteiger partial charge in [0.15, 0.2) is 9.65 Å². The van der Waals surface area contributed by atoms with E-state index < -0.39 is 46.2 Å². The Hall–Kier alpha value is -1.03. The number of aliphatic hydroxyl groups is 3. The lowest BCUT2D eigenvalue weighted by molar-refractivity contribution is -0.287. The van der Waals surface area contributed by atoms with Gasteiger partial charge in [-0.3, -0.25) is 0 Å². The molecule has 2 aromatic carbocycles. The summed E-state index contributed by atoms with van der Waals surface area (Å²) in [6.07, 6.45) is -9.17. The molecule has 190 valence electrons. The summed E-state index contributed by atoms with van der Waals surface area (Å²) in [6, 6.07) is 13.1. The molecule has 1 saturated heterocycles. The van der Waals surface area contributed by atoms with Crippen molar-refractivity contribution in [2.45, 2.75) is 40.7 Å². The Morgan fingerprint density at radius 3 is 2.00 bits per heavy atom. The Kier molecular flexibility index (Phi) is 9.79. The number of aromatic hydroxyl groups is 1. The van der Waals surface area contributed by atoms with Crippen molar-refractivity contribution in [2.24, 2.45) is 0 Å². The summed E-state index contributed by atoms with van der Waals surface area (Å²) in [7, 11) is 0. The molecule has 0 bridgehead atoms. The van der Waals surface area contributed by atoms with Gasteiger partial charge < -0.3 is 39.7 Å². The van der Waals surface area contributed by atoms with Gasteiger partial charge in [0.25, 0.3) is 0 Å². The summed E-state index contributed by atoms with van der Waals surface area (Å²) in [4.78, 5) is 24.4. The molecule has 1 fully saturated rings. The minimum atomic E-state index is -1.89. The highest BCUT2D eigenvalue weighted by Crippen LogP contribution is 2.38. The normalized spacial score (nSPS) is 26.1. The molecule has 0 spiro atoms. The average molecular weight is 827 g/mol. The van der Waals surface area contributed by atoms with Crippen molar-refractivity contribution < 1.29 is 49.3 Å². The van der Waals surface area contributed by atoms with Gasteiger partial charge in [0.05, 0.1) is 0 Å². The van der Waals surface area contributed by atoms with E-state index in [9.17, 15) is 35.1 Å². The number of carboxylic acid groups (broad SMARTS) is 1. The quantitative estimate of drug-likeness (QED) is 0.0873. The SMILES string of the molecule is O=C(O)[C@H]1OC(OC(=O)[C@](I)(Cc2ccc(Oc3ccc(O)cc3)cc2)N(I)I)[C@H](O)[C@@H](O)[C@@H]1O. The number of esters is 1. The smallest absolute Gasteiger partial charge is 0.341 e. The molecule has 2 aromatic rings. The van der Waals surface area contributed by atoms with Crippen molar-refractivity contribution in [3.05, 3.63) is 54.1 Å². The molecule has 0 amide bonds. The van der Waals surface area contributed by atoms with Crippen molar-refractivity contribution in [3.63, 3.8) is 0 Å². The van der Waals surface area contributed by atoms with Crippen LogP contribution < -0.4 is 4.74 Å². The van der Waals surface area contributed by atoms with Gasteiger partial charge in [-0.15, -0.1) is 0 Å². The third kappa shape index (κ3) is 6.84. The molecule has 1 aliphatic heterocycles. The first-order valence-corrected chi connectivity index (χ1v) is 12.9. The van der Waals surface area contributed by atoms with Gasteiger partial charge in [-0.25, -0.2) is 9.59 Å². The lowest BCUT2D eigenvalue weighted by atomic mass is 9.99. The van der Waals surface area contributed by atoms with Crippen molar-refractivity contribution in [3.8, 4) is 17.2 Å². The summed E-state index contributed by atoms with van der Waals surface area (Å²) >= 11 is 5.65. The lowest BCUT2D eigenvalue weighted by Crippen LogP contribution is -2.61. The van der Waals surface area contributed by atoms with Crippen LogP contribution in [0.2, 0.25) is 0 Å². The number of nitrogens with zero attached hydrogens (tertiary/aromatic N) is 1. The minimum Gasteiger partial charge on any atom is -0.508 e. The van der Waals surface area contributed by atoms with E-state index in [0.717, 1.165) is 5.56 Å². The number of phenolic OH excluding ortho intramolecular Hbond substituents is 1. The van der Waals surface area contributed by atoms with Crippen LogP contribution in [0.25, 0.3) is 0 Å². The number of carbonyl (C=O) groups is 2. The number of ether oxygens (including phenoxy) is 3. The predicted molar refractivity (Wildman–Crippen MR) is 145 cm³/mol. The molecule has 0 aromatic heterocycles. The number of alkyl halides is 1. The molecular formula is C21H20I3NO10. The van der Waals surface area contributed by atoms with Gasteiger partial charge in [0.1, 0.15) is 35.6 Å². The molecule has 0 aliphatic carbocycles. The Morgan fingerprint density at radius 2 is 1.49 bits per heavy atom. The van der Waals surface area contributed by atoms with E-state index in [-0.39, 0.29) is 12.2 Å². The Balaban J connectivity index is 1.72. The Bertz CT molecular complexity index is 1040. The number of aliphatic hydroxyl groups excluding tert-OH is 3. The highest BCUT2D eigenvalue weighted by molar-refractivity contribution is 14.2. The highest BCUT2D eigenvalue weighted by atomic mass is 127. The van der Waals surface area contributed by atoms with Crippen molar-refractivity contribution in [1.29, 1.82) is 0 Å². The first-order chi connectivity index (χ1) is 16.4. The van der Waals surface area contributed by atoms with Crippen LogP contribution in [-0.2, 0) is 25.5 Å². The minimum absolute atomic E-state index is 0.121. The maximum atomic E-state index is 13.1. The number of carboxylic acids is 1. The molecule has 5 N–H and O–H groups in total.